The van der Waals surface area contributed by atoms with Gasteiger partial charge in [-0.3, -0.25) is 0 Å². The Morgan fingerprint density at radius 3 is 2.25 bits per heavy atom. The van der Waals surface area contributed by atoms with Gasteiger partial charge in [-0.25, -0.2) is 0 Å². The highest BCUT2D eigenvalue weighted by Gasteiger charge is 2.43. The summed E-state index contributed by atoms with van der Waals surface area (Å²) in [4.78, 5) is 0. The Labute approximate surface area is 75.2 Å². The van der Waals surface area contributed by atoms with Gasteiger partial charge in [0.2, 0.25) is 0 Å². The molecule has 0 heterocycles. The van der Waals surface area contributed by atoms with E-state index in [1.165, 1.54) is 19.3 Å². The molecule has 0 aromatic carbocycles. The Hall–Kier alpha value is -0.0400. The number of hydrogen-bond donors (Lipinski definition) is 1. The van der Waals surface area contributed by atoms with Crippen molar-refractivity contribution in [2.75, 3.05) is 0 Å². The number of aliphatic hydroxyl groups excluding tert-OH is 1. The molecule has 1 N–H and O–H groups in total. The van der Waals surface area contributed by atoms with Crippen molar-refractivity contribution in [3.63, 3.8) is 0 Å². The van der Waals surface area contributed by atoms with Crippen LogP contribution in [0.25, 0.3) is 0 Å². The summed E-state index contributed by atoms with van der Waals surface area (Å²) in [6.07, 6.45) is 5.02. The molecule has 0 amide bonds. The Morgan fingerprint density at radius 2 is 1.58 bits per heavy atom. The van der Waals surface area contributed by atoms with Crippen LogP contribution < -0.4 is 0 Å². The first-order valence-corrected chi connectivity index (χ1v) is 5.38. The summed E-state index contributed by atoms with van der Waals surface area (Å²) in [5, 5.41) is 9.87. The van der Waals surface area contributed by atoms with Crippen LogP contribution in [0.4, 0.5) is 0 Å². The summed E-state index contributed by atoms with van der Waals surface area (Å²) in [6.45, 7) is 4.67. The number of fused-ring (bicyclic) bond motifs is 1. The molecule has 2 rings (SSSR count). The minimum absolute atomic E-state index is 0.0173. The standard InChI is InChI=1S/C11H20O/c1-7-4-6-10(12)11-8(2)3-5-9(7)11/h7-12H,3-6H2,1-2H3. The van der Waals surface area contributed by atoms with E-state index in [2.05, 4.69) is 13.8 Å². The first-order chi connectivity index (χ1) is 5.70. The van der Waals surface area contributed by atoms with Crippen molar-refractivity contribution < 1.29 is 5.11 Å². The molecular formula is C11H20O. The van der Waals surface area contributed by atoms with Gasteiger partial charge in [0.25, 0.3) is 0 Å². The second kappa shape index (κ2) is 3.02. The summed E-state index contributed by atoms with van der Waals surface area (Å²) in [7, 11) is 0. The van der Waals surface area contributed by atoms with Crippen LogP contribution >= 0.6 is 0 Å². The van der Waals surface area contributed by atoms with Crippen molar-refractivity contribution in [1.82, 2.24) is 0 Å². The van der Waals surface area contributed by atoms with Crippen molar-refractivity contribution >= 4 is 0 Å². The fraction of sp³-hybridized carbons (Fsp3) is 1.00. The molecule has 2 fully saturated rings. The predicted octanol–water partition coefficient (Wildman–Crippen LogP) is 2.44. The van der Waals surface area contributed by atoms with Crippen LogP contribution in [0.5, 0.6) is 0 Å². The lowest BCUT2D eigenvalue weighted by atomic mass is 9.71. The molecule has 2 saturated carbocycles. The zero-order valence-electron chi connectivity index (χ0n) is 8.16. The van der Waals surface area contributed by atoms with Gasteiger partial charge in [0.15, 0.2) is 0 Å². The van der Waals surface area contributed by atoms with Gasteiger partial charge in [-0.2, -0.15) is 0 Å². The Bertz CT molecular complexity index is 166. The molecule has 1 nitrogen and oxygen atoms in total. The molecule has 0 radical (unpaired) electrons. The van der Waals surface area contributed by atoms with Gasteiger partial charge >= 0.3 is 0 Å². The third-order valence-electron chi connectivity index (χ3n) is 4.20. The molecule has 0 bridgehead atoms. The largest absolute Gasteiger partial charge is 0.393 e. The molecule has 2 aliphatic carbocycles. The van der Waals surface area contributed by atoms with Crippen molar-refractivity contribution in [2.24, 2.45) is 23.7 Å². The molecule has 12 heavy (non-hydrogen) atoms. The van der Waals surface area contributed by atoms with Crippen LogP contribution in [0.3, 0.4) is 0 Å². The highest BCUT2D eigenvalue weighted by molar-refractivity contribution is 4.93. The highest BCUT2D eigenvalue weighted by atomic mass is 16.3. The Kier molecular flexibility index (Phi) is 2.16. The normalized spacial score (nSPS) is 53.8. The maximum Gasteiger partial charge on any atom is 0.0573 e. The average Bonchev–Trinajstić information content (AvgIpc) is 2.42. The molecule has 5 unspecified atom stereocenters. The van der Waals surface area contributed by atoms with Crippen molar-refractivity contribution in [2.45, 2.75) is 45.6 Å². The van der Waals surface area contributed by atoms with Gasteiger partial charge in [-0.05, 0) is 42.9 Å². The summed E-state index contributed by atoms with van der Waals surface area (Å²) in [6, 6.07) is 0. The van der Waals surface area contributed by atoms with E-state index in [4.69, 9.17) is 0 Å². The van der Waals surface area contributed by atoms with E-state index in [0.717, 1.165) is 24.2 Å². The van der Waals surface area contributed by atoms with Crippen LogP contribution in [-0.2, 0) is 0 Å². The highest BCUT2D eigenvalue weighted by Crippen LogP contribution is 2.48. The molecule has 0 aromatic rings. The Balaban J connectivity index is 2.13. The van der Waals surface area contributed by atoms with E-state index >= 15 is 0 Å². The first kappa shape index (κ1) is 8.55. The summed E-state index contributed by atoms with van der Waals surface area (Å²) in [5.41, 5.74) is 0. The van der Waals surface area contributed by atoms with Crippen LogP contribution in [0.15, 0.2) is 0 Å². The van der Waals surface area contributed by atoms with E-state index in [-0.39, 0.29) is 6.10 Å². The lowest BCUT2D eigenvalue weighted by Gasteiger charge is -2.37. The number of hydrogen-bond acceptors (Lipinski definition) is 1. The smallest absolute Gasteiger partial charge is 0.0573 e. The minimum atomic E-state index is 0.0173. The van der Waals surface area contributed by atoms with Crippen molar-refractivity contribution in [1.29, 1.82) is 0 Å². The van der Waals surface area contributed by atoms with Gasteiger partial charge in [-0.1, -0.05) is 20.3 Å². The summed E-state index contributed by atoms with van der Waals surface area (Å²) >= 11 is 0. The molecule has 0 spiro atoms. The van der Waals surface area contributed by atoms with E-state index < -0.39 is 0 Å². The molecule has 70 valence electrons. The summed E-state index contributed by atoms with van der Waals surface area (Å²) in [5.74, 6) is 3.11. The molecule has 0 saturated heterocycles. The van der Waals surface area contributed by atoms with E-state index in [9.17, 15) is 5.11 Å². The lowest BCUT2D eigenvalue weighted by molar-refractivity contribution is 0.00619. The molecule has 5 atom stereocenters. The predicted molar refractivity (Wildman–Crippen MR) is 49.8 cm³/mol. The maximum absolute atomic E-state index is 9.87. The van der Waals surface area contributed by atoms with Gasteiger partial charge in [-0.15, -0.1) is 0 Å². The third-order valence-corrected chi connectivity index (χ3v) is 4.20. The van der Waals surface area contributed by atoms with Crippen molar-refractivity contribution in [3.8, 4) is 0 Å². The molecule has 0 aromatic heterocycles. The van der Waals surface area contributed by atoms with Crippen LogP contribution in [0.1, 0.15) is 39.5 Å². The molecule has 0 aliphatic heterocycles. The SMILES string of the molecule is CC1CCC(O)C2C(C)CCC12. The van der Waals surface area contributed by atoms with E-state index in [1.807, 2.05) is 0 Å². The molecular weight excluding hydrogens is 148 g/mol. The molecule has 2 aliphatic rings. The van der Waals surface area contributed by atoms with E-state index in [0.29, 0.717) is 5.92 Å². The van der Waals surface area contributed by atoms with Crippen LogP contribution in [0.2, 0.25) is 0 Å². The van der Waals surface area contributed by atoms with Gasteiger partial charge in [0.1, 0.15) is 0 Å². The molecule has 1 heteroatoms. The van der Waals surface area contributed by atoms with Gasteiger partial charge in [0, 0.05) is 0 Å². The zero-order valence-corrected chi connectivity index (χ0v) is 8.16. The fourth-order valence-electron chi connectivity index (χ4n) is 3.43. The maximum atomic E-state index is 9.87. The first-order valence-electron chi connectivity index (χ1n) is 5.38. The van der Waals surface area contributed by atoms with Gasteiger partial charge < -0.3 is 5.11 Å². The number of aliphatic hydroxyl groups is 1. The number of rotatable bonds is 0. The Morgan fingerprint density at radius 1 is 0.917 bits per heavy atom. The second-order valence-electron chi connectivity index (χ2n) is 4.92. The topological polar surface area (TPSA) is 20.2 Å². The van der Waals surface area contributed by atoms with Crippen LogP contribution in [0, 0.1) is 23.7 Å². The van der Waals surface area contributed by atoms with E-state index in [1.54, 1.807) is 0 Å². The second-order valence-corrected chi connectivity index (χ2v) is 4.92. The van der Waals surface area contributed by atoms with Gasteiger partial charge in [0.05, 0.1) is 6.10 Å². The zero-order chi connectivity index (χ0) is 8.72. The quantitative estimate of drug-likeness (QED) is 0.589. The van der Waals surface area contributed by atoms with Crippen LogP contribution in [-0.4, -0.2) is 11.2 Å². The minimum Gasteiger partial charge on any atom is -0.393 e. The average molecular weight is 168 g/mol. The third kappa shape index (κ3) is 1.19. The monoisotopic (exact) mass is 168 g/mol. The van der Waals surface area contributed by atoms with Crippen molar-refractivity contribution in [3.05, 3.63) is 0 Å². The fourth-order valence-corrected chi connectivity index (χ4v) is 3.43. The summed E-state index contributed by atoms with van der Waals surface area (Å²) < 4.78 is 0. The lowest BCUT2D eigenvalue weighted by Crippen LogP contribution is -2.36.